The summed E-state index contributed by atoms with van der Waals surface area (Å²) >= 11 is 1.60. The molecule has 4 heteroatoms. The number of thiazole rings is 1. The van der Waals surface area contributed by atoms with Crippen molar-refractivity contribution >= 4 is 23.3 Å². The summed E-state index contributed by atoms with van der Waals surface area (Å²) in [6.45, 7) is 5.08. The molecule has 1 aliphatic rings. The van der Waals surface area contributed by atoms with Crippen molar-refractivity contribution in [2.24, 2.45) is 11.8 Å². The Morgan fingerprint density at radius 3 is 3.11 bits per heavy atom. The van der Waals surface area contributed by atoms with Gasteiger partial charge in [-0.3, -0.25) is 4.79 Å². The fourth-order valence-corrected chi connectivity index (χ4v) is 3.25. The molecule has 104 valence electrons. The number of aromatic nitrogens is 1. The third-order valence-electron chi connectivity index (χ3n) is 3.65. The van der Waals surface area contributed by atoms with Gasteiger partial charge in [-0.15, -0.1) is 11.3 Å². The SMILES string of the molecule is Cc1nc(C=CC(=O)NCC2CCCC(C)C2)cs1. The van der Waals surface area contributed by atoms with Crippen LogP contribution in [0.4, 0.5) is 0 Å². The third kappa shape index (κ3) is 4.78. The fourth-order valence-electron chi connectivity index (χ4n) is 2.67. The maximum atomic E-state index is 11.7. The van der Waals surface area contributed by atoms with E-state index in [4.69, 9.17) is 0 Å². The third-order valence-corrected chi connectivity index (χ3v) is 4.44. The zero-order valence-corrected chi connectivity index (χ0v) is 12.5. The van der Waals surface area contributed by atoms with Crippen molar-refractivity contribution in [1.29, 1.82) is 0 Å². The van der Waals surface area contributed by atoms with Gasteiger partial charge in [0.25, 0.3) is 0 Å². The highest BCUT2D eigenvalue weighted by atomic mass is 32.1. The summed E-state index contributed by atoms with van der Waals surface area (Å²) < 4.78 is 0. The van der Waals surface area contributed by atoms with E-state index in [1.54, 1.807) is 23.5 Å². The van der Waals surface area contributed by atoms with E-state index in [-0.39, 0.29) is 5.91 Å². The lowest BCUT2D eigenvalue weighted by atomic mass is 9.82. The number of aryl methyl sites for hydroxylation is 1. The quantitative estimate of drug-likeness (QED) is 0.858. The number of hydrogen-bond acceptors (Lipinski definition) is 3. The van der Waals surface area contributed by atoms with Crippen LogP contribution in [0, 0.1) is 18.8 Å². The topological polar surface area (TPSA) is 42.0 Å². The summed E-state index contributed by atoms with van der Waals surface area (Å²) in [6.07, 6.45) is 8.50. The van der Waals surface area contributed by atoms with E-state index >= 15 is 0 Å². The minimum Gasteiger partial charge on any atom is -0.352 e. The van der Waals surface area contributed by atoms with Gasteiger partial charge in [0.15, 0.2) is 0 Å². The van der Waals surface area contributed by atoms with Crippen LogP contribution in [0.1, 0.15) is 43.3 Å². The molecule has 0 spiro atoms. The van der Waals surface area contributed by atoms with E-state index in [1.165, 1.54) is 25.7 Å². The number of carbonyl (C=O) groups excluding carboxylic acids is 1. The molecule has 1 heterocycles. The summed E-state index contributed by atoms with van der Waals surface area (Å²) in [6, 6.07) is 0. The first-order valence-electron chi connectivity index (χ1n) is 7.01. The van der Waals surface area contributed by atoms with E-state index in [0.29, 0.717) is 5.92 Å². The summed E-state index contributed by atoms with van der Waals surface area (Å²) in [5.74, 6) is 1.45. The highest BCUT2D eigenvalue weighted by molar-refractivity contribution is 7.09. The van der Waals surface area contributed by atoms with Crippen LogP contribution in [0.2, 0.25) is 0 Å². The van der Waals surface area contributed by atoms with Crippen LogP contribution in [0.5, 0.6) is 0 Å². The van der Waals surface area contributed by atoms with Crippen molar-refractivity contribution in [2.45, 2.75) is 39.5 Å². The lowest BCUT2D eigenvalue weighted by molar-refractivity contribution is -0.116. The summed E-state index contributed by atoms with van der Waals surface area (Å²) in [7, 11) is 0. The number of nitrogens with zero attached hydrogens (tertiary/aromatic N) is 1. The van der Waals surface area contributed by atoms with Gasteiger partial charge in [-0.05, 0) is 37.7 Å². The molecule has 0 aliphatic heterocycles. The molecule has 1 aromatic rings. The van der Waals surface area contributed by atoms with Gasteiger partial charge in [-0.2, -0.15) is 0 Å². The standard InChI is InChI=1S/C15H22N2OS/c1-11-4-3-5-13(8-11)9-16-15(18)7-6-14-10-19-12(2)17-14/h6-7,10-11,13H,3-5,8-9H2,1-2H3,(H,16,18). The van der Waals surface area contributed by atoms with Crippen LogP contribution >= 0.6 is 11.3 Å². The molecule has 1 N–H and O–H groups in total. The highest BCUT2D eigenvalue weighted by Gasteiger charge is 2.18. The largest absolute Gasteiger partial charge is 0.352 e. The molecule has 0 aromatic carbocycles. The molecule has 1 saturated carbocycles. The molecule has 0 radical (unpaired) electrons. The predicted molar refractivity (Wildman–Crippen MR) is 80.0 cm³/mol. The van der Waals surface area contributed by atoms with Gasteiger partial charge in [0.1, 0.15) is 0 Å². The molecule has 19 heavy (non-hydrogen) atoms. The van der Waals surface area contributed by atoms with Crippen molar-refractivity contribution in [2.75, 3.05) is 6.54 Å². The molecule has 2 atom stereocenters. The number of nitrogens with one attached hydrogen (secondary N) is 1. The minimum atomic E-state index is -0.0103. The van der Waals surface area contributed by atoms with Crippen molar-refractivity contribution in [3.05, 3.63) is 22.2 Å². The second-order valence-corrected chi connectivity index (χ2v) is 6.57. The van der Waals surface area contributed by atoms with Gasteiger partial charge in [-0.25, -0.2) is 4.98 Å². The maximum absolute atomic E-state index is 11.7. The highest BCUT2D eigenvalue weighted by Crippen LogP contribution is 2.27. The minimum absolute atomic E-state index is 0.0103. The average Bonchev–Trinajstić information content (AvgIpc) is 2.80. The Morgan fingerprint density at radius 2 is 2.42 bits per heavy atom. The molecule has 2 unspecified atom stereocenters. The Hall–Kier alpha value is -1.16. The molecule has 1 amide bonds. The molecule has 0 bridgehead atoms. The van der Waals surface area contributed by atoms with Crippen LogP contribution < -0.4 is 5.32 Å². The lowest BCUT2D eigenvalue weighted by Crippen LogP contribution is -2.30. The average molecular weight is 278 g/mol. The van der Waals surface area contributed by atoms with Crippen molar-refractivity contribution < 1.29 is 4.79 Å². The van der Waals surface area contributed by atoms with Crippen molar-refractivity contribution in [1.82, 2.24) is 10.3 Å². The monoisotopic (exact) mass is 278 g/mol. The van der Waals surface area contributed by atoms with Crippen LogP contribution in [-0.4, -0.2) is 17.4 Å². The van der Waals surface area contributed by atoms with E-state index in [1.807, 2.05) is 12.3 Å². The van der Waals surface area contributed by atoms with Gasteiger partial charge in [0, 0.05) is 18.0 Å². The van der Waals surface area contributed by atoms with Crippen LogP contribution in [0.25, 0.3) is 6.08 Å². The lowest BCUT2D eigenvalue weighted by Gasteiger charge is -2.26. The molecule has 3 nitrogen and oxygen atoms in total. The first-order valence-corrected chi connectivity index (χ1v) is 7.89. The zero-order valence-electron chi connectivity index (χ0n) is 11.7. The van der Waals surface area contributed by atoms with E-state index in [2.05, 4.69) is 17.2 Å². The van der Waals surface area contributed by atoms with Gasteiger partial charge < -0.3 is 5.32 Å². The normalized spacial score (nSPS) is 23.7. The molecular weight excluding hydrogens is 256 g/mol. The Bertz CT molecular complexity index is 453. The second kappa shape index (κ2) is 6.85. The zero-order chi connectivity index (χ0) is 13.7. The second-order valence-electron chi connectivity index (χ2n) is 5.51. The number of amides is 1. The molecule has 0 saturated heterocycles. The van der Waals surface area contributed by atoms with Crippen LogP contribution in [0.3, 0.4) is 0 Å². The predicted octanol–water partition coefficient (Wildman–Crippen LogP) is 3.41. The van der Waals surface area contributed by atoms with Crippen LogP contribution in [-0.2, 0) is 4.79 Å². The van der Waals surface area contributed by atoms with Gasteiger partial charge in [0.05, 0.1) is 10.7 Å². The fraction of sp³-hybridized carbons (Fsp3) is 0.600. The van der Waals surface area contributed by atoms with Gasteiger partial charge >= 0.3 is 0 Å². The Kier molecular flexibility index (Phi) is 5.14. The van der Waals surface area contributed by atoms with Gasteiger partial charge in [-0.1, -0.05) is 19.8 Å². The Morgan fingerprint density at radius 1 is 1.58 bits per heavy atom. The van der Waals surface area contributed by atoms with Crippen molar-refractivity contribution in [3.8, 4) is 0 Å². The smallest absolute Gasteiger partial charge is 0.244 e. The molecule has 1 aromatic heterocycles. The Labute approximate surface area is 119 Å². The van der Waals surface area contributed by atoms with Crippen molar-refractivity contribution in [3.63, 3.8) is 0 Å². The molecule has 1 aliphatic carbocycles. The van der Waals surface area contributed by atoms with E-state index in [9.17, 15) is 4.79 Å². The first kappa shape index (κ1) is 14.3. The Balaban J connectivity index is 1.73. The molecule has 2 rings (SSSR count). The summed E-state index contributed by atoms with van der Waals surface area (Å²) in [5.41, 5.74) is 0.865. The van der Waals surface area contributed by atoms with Crippen LogP contribution in [0.15, 0.2) is 11.5 Å². The summed E-state index contributed by atoms with van der Waals surface area (Å²) in [5, 5.41) is 5.98. The van der Waals surface area contributed by atoms with E-state index in [0.717, 1.165) is 23.2 Å². The first-order chi connectivity index (χ1) is 9.13. The van der Waals surface area contributed by atoms with Gasteiger partial charge in [0.2, 0.25) is 5.91 Å². The number of hydrogen-bond donors (Lipinski definition) is 1. The molecule has 1 fully saturated rings. The van der Waals surface area contributed by atoms with E-state index < -0.39 is 0 Å². The summed E-state index contributed by atoms with van der Waals surface area (Å²) in [4.78, 5) is 16.0. The maximum Gasteiger partial charge on any atom is 0.244 e. The number of rotatable bonds is 4. The molecular formula is C15H22N2OS. The number of carbonyl (C=O) groups is 1.